The van der Waals surface area contributed by atoms with Crippen molar-refractivity contribution >= 4 is 27.5 Å². The number of hydrogen-bond acceptors (Lipinski definition) is 1. The molecule has 0 aliphatic rings. The Morgan fingerprint density at radius 1 is 1.39 bits per heavy atom. The summed E-state index contributed by atoms with van der Waals surface area (Å²) in [5.41, 5.74) is 0.797. The highest BCUT2D eigenvalue weighted by Gasteiger charge is 2.29. The summed E-state index contributed by atoms with van der Waals surface area (Å²) in [7, 11) is 0. The average Bonchev–Trinajstić information content (AvgIpc) is 2.24. The summed E-state index contributed by atoms with van der Waals surface area (Å²) in [6, 6.07) is 4.79. The van der Waals surface area contributed by atoms with Gasteiger partial charge in [0.05, 0.1) is 0 Å². The lowest BCUT2D eigenvalue weighted by Gasteiger charge is -2.20. The summed E-state index contributed by atoms with van der Waals surface area (Å²) in [5, 5.41) is 3.61. The molecule has 18 heavy (non-hydrogen) atoms. The van der Waals surface area contributed by atoms with Gasteiger partial charge in [-0.1, -0.05) is 40.5 Å². The van der Waals surface area contributed by atoms with Crippen molar-refractivity contribution in [1.82, 2.24) is 5.32 Å². The van der Waals surface area contributed by atoms with Gasteiger partial charge in [-0.05, 0) is 30.7 Å². The van der Waals surface area contributed by atoms with Crippen LogP contribution >= 0.6 is 27.5 Å². The molecule has 0 aromatic heterocycles. The third-order valence-electron chi connectivity index (χ3n) is 2.50. The van der Waals surface area contributed by atoms with Gasteiger partial charge in [0, 0.05) is 22.0 Å². The van der Waals surface area contributed by atoms with Gasteiger partial charge in [-0.3, -0.25) is 0 Å². The fraction of sp³-hybridized carbons (Fsp3) is 0.500. The molecule has 0 saturated heterocycles. The van der Waals surface area contributed by atoms with Gasteiger partial charge in [0.15, 0.2) is 0 Å². The Labute approximate surface area is 118 Å². The molecule has 6 heteroatoms. The SMILES string of the molecule is CCNC(CCC(F)(F)F)c1ccc(Cl)cc1Br. The van der Waals surface area contributed by atoms with Crippen molar-refractivity contribution in [2.45, 2.75) is 32.0 Å². The Kier molecular flexibility index (Phi) is 5.95. The van der Waals surface area contributed by atoms with Crippen molar-refractivity contribution in [1.29, 1.82) is 0 Å². The van der Waals surface area contributed by atoms with E-state index in [1.54, 1.807) is 18.2 Å². The molecule has 0 aliphatic carbocycles. The molecule has 1 atom stereocenters. The molecule has 0 saturated carbocycles. The lowest BCUT2D eigenvalue weighted by molar-refractivity contribution is -0.136. The molecule has 0 fully saturated rings. The van der Waals surface area contributed by atoms with E-state index in [9.17, 15) is 13.2 Å². The highest BCUT2D eigenvalue weighted by molar-refractivity contribution is 9.10. The number of halogens is 5. The fourth-order valence-corrected chi connectivity index (χ4v) is 2.67. The maximum Gasteiger partial charge on any atom is 0.389 e. The van der Waals surface area contributed by atoms with E-state index in [0.717, 1.165) is 10.0 Å². The Morgan fingerprint density at radius 3 is 2.56 bits per heavy atom. The molecule has 0 radical (unpaired) electrons. The summed E-state index contributed by atoms with van der Waals surface area (Å²) >= 11 is 9.15. The molecule has 1 rings (SSSR count). The lowest BCUT2D eigenvalue weighted by atomic mass is 10.0. The smallest absolute Gasteiger partial charge is 0.310 e. The minimum atomic E-state index is -4.13. The van der Waals surface area contributed by atoms with E-state index in [1.807, 2.05) is 6.92 Å². The van der Waals surface area contributed by atoms with E-state index in [4.69, 9.17) is 11.6 Å². The van der Waals surface area contributed by atoms with Gasteiger partial charge in [0.1, 0.15) is 0 Å². The second kappa shape index (κ2) is 6.78. The minimum Gasteiger partial charge on any atom is -0.310 e. The minimum absolute atomic E-state index is 0.0115. The summed E-state index contributed by atoms with van der Waals surface area (Å²) in [5.74, 6) is 0. The normalized spacial score (nSPS) is 13.7. The standard InChI is InChI=1S/C12H14BrClF3N/c1-2-18-11(5-6-12(15,16)17)9-4-3-8(14)7-10(9)13/h3-4,7,11,18H,2,5-6H2,1H3. The van der Waals surface area contributed by atoms with E-state index in [0.29, 0.717) is 11.6 Å². The van der Waals surface area contributed by atoms with Crippen LogP contribution < -0.4 is 5.32 Å². The van der Waals surface area contributed by atoms with Crippen LogP contribution in [0.3, 0.4) is 0 Å². The quantitative estimate of drug-likeness (QED) is 0.784. The largest absolute Gasteiger partial charge is 0.389 e. The van der Waals surface area contributed by atoms with Crippen molar-refractivity contribution in [3.63, 3.8) is 0 Å². The molecule has 1 aromatic rings. The third-order valence-corrected chi connectivity index (χ3v) is 3.43. The van der Waals surface area contributed by atoms with Crippen LogP contribution in [0.15, 0.2) is 22.7 Å². The summed E-state index contributed by atoms with van der Waals surface area (Å²) in [4.78, 5) is 0. The van der Waals surface area contributed by atoms with E-state index in [-0.39, 0.29) is 12.5 Å². The zero-order chi connectivity index (χ0) is 13.8. The topological polar surface area (TPSA) is 12.0 Å². The number of hydrogen-bond donors (Lipinski definition) is 1. The van der Waals surface area contributed by atoms with Crippen LogP contribution in [0.2, 0.25) is 5.02 Å². The molecular formula is C12H14BrClF3N. The van der Waals surface area contributed by atoms with Crippen LogP contribution in [0.4, 0.5) is 13.2 Å². The number of alkyl halides is 3. The van der Waals surface area contributed by atoms with Gasteiger partial charge < -0.3 is 5.32 Å². The number of rotatable bonds is 5. The van der Waals surface area contributed by atoms with Gasteiger partial charge in [-0.2, -0.15) is 13.2 Å². The monoisotopic (exact) mass is 343 g/mol. The Morgan fingerprint density at radius 2 is 2.06 bits per heavy atom. The highest BCUT2D eigenvalue weighted by Crippen LogP contribution is 2.32. The lowest BCUT2D eigenvalue weighted by Crippen LogP contribution is -2.23. The summed E-state index contributed by atoms with van der Waals surface area (Å²) < 4.78 is 37.6. The van der Waals surface area contributed by atoms with E-state index < -0.39 is 12.6 Å². The zero-order valence-electron chi connectivity index (χ0n) is 9.82. The van der Waals surface area contributed by atoms with E-state index in [2.05, 4.69) is 21.2 Å². The van der Waals surface area contributed by atoms with Gasteiger partial charge >= 0.3 is 6.18 Å². The Hall–Kier alpha value is -0.260. The molecule has 0 heterocycles. The van der Waals surface area contributed by atoms with E-state index >= 15 is 0 Å². The fourth-order valence-electron chi connectivity index (χ4n) is 1.71. The molecule has 102 valence electrons. The summed E-state index contributed by atoms with van der Waals surface area (Å²) in [6.07, 6.45) is -4.93. The first-order valence-electron chi connectivity index (χ1n) is 5.58. The van der Waals surface area contributed by atoms with Crippen molar-refractivity contribution in [2.75, 3.05) is 6.54 Å². The van der Waals surface area contributed by atoms with Crippen LogP contribution in [0.1, 0.15) is 31.4 Å². The van der Waals surface area contributed by atoms with Crippen molar-refractivity contribution in [3.8, 4) is 0 Å². The van der Waals surface area contributed by atoms with Crippen LogP contribution in [-0.4, -0.2) is 12.7 Å². The van der Waals surface area contributed by atoms with E-state index in [1.165, 1.54) is 0 Å². The van der Waals surface area contributed by atoms with Crippen molar-refractivity contribution < 1.29 is 13.2 Å². The second-order valence-corrected chi connectivity index (χ2v) is 5.22. The van der Waals surface area contributed by atoms with Crippen LogP contribution in [0, 0.1) is 0 Å². The van der Waals surface area contributed by atoms with Crippen molar-refractivity contribution in [2.24, 2.45) is 0 Å². The first-order valence-corrected chi connectivity index (χ1v) is 6.75. The van der Waals surface area contributed by atoms with Crippen LogP contribution in [-0.2, 0) is 0 Å². The molecular weight excluding hydrogens is 330 g/mol. The molecule has 1 N–H and O–H groups in total. The molecule has 1 aromatic carbocycles. The van der Waals surface area contributed by atoms with Crippen molar-refractivity contribution in [3.05, 3.63) is 33.3 Å². The summed E-state index contributed by atoms with van der Waals surface area (Å²) in [6.45, 7) is 2.47. The van der Waals surface area contributed by atoms with Gasteiger partial charge in [-0.15, -0.1) is 0 Å². The molecule has 0 bridgehead atoms. The molecule has 1 nitrogen and oxygen atoms in total. The highest BCUT2D eigenvalue weighted by atomic mass is 79.9. The first-order chi connectivity index (χ1) is 8.33. The second-order valence-electron chi connectivity index (χ2n) is 3.93. The molecule has 0 spiro atoms. The molecule has 1 unspecified atom stereocenters. The maximum atomic E-state index is 12.3. The maximum absolute atomic E-state index is 12.3. The van der Waals surface area contributed by atoms with Gasteiger partial charge in [0.25, 0.3) is 0 Å². The van der Waals surface area contributed by atoms with Crippen LogP contribution in [0.5, 0.6) is 0 Å². The van der Waals surface area contributed by atoms with Crippen LogP contribution in [0.25, 0.3) is 0 Å². The number of nitrogens with one attached hydrogen (secondary N) is 1. The zero-order valence-corrected chi connectivity index (χ0v) is 12.2. The Balaban J connectivity index is 2.83. The van der Waals surface area contributed by atoms with Gasteiger partial charge in [-0.25, -0.2) is 0 Å². The molecule has 0 amide bonds. The first kappa shape index (κ1) is 15.8. The van der Waals surface area contributed by atoms with Gasteiger partial charge in [0.2, 0.25) is 0 Å². The Bertz CT molecular complexity index is 395. The average molecular weight is 345 g/mol. The predicted molar refractivity (Wildman–Crippen MR) is 70.9 cm³/mol. The molecule has 0 aliphatic heterocycles. The predicted octanol–water partition coefficient (Wildman–Crippen LogP) is 5.10. The number of benzene rings is 1. The third kappa shape index (κ3) is 5.16.